The van der Waals surface area contributed by atoms with Crippen LogP contribution in [0.3, 0.4) is 0 Å². The molecule has 1 N–H and O–H groups in total. The third-order valence-electron chi connectivity index (χ3n) is 3.43. The maximum atomic E-state index is 13.5. The molecule has 2 aromatic carbocycles. The second kappa shape index (κ2) is 9.34. The van der Waals surface area contributed by atoms with Crippen LogP contribution in [0.1, 0.15) is 10.4 Å². The lowest BCUT2D eigenvalue weighted by molar-refractivity contribution is -0.136. The minimum atomic E-state index is -0.963. The van der Waals surface area contributed by atoms with Crippen LogP contribution in [0.5, 0.6) is 0 Å². The maximum absolute atomic E-state index is 13.5. The molecule has 0 aliphatic heterocycles. The number of nitrogens with one attached hydrogen (secondary N) is 1. The van der Waals surface area contributed by atoms with E-state index in [1.807, 2.05) is 0 Å². The van der Waals surface area contributed by atoms with Crippen LogP contribution in [0.4, 0.5) is 10.1 Å². The van der Waals surface area contributed by atoms with Crippen LogP contribution in [-0.4, -0.2) is 42.9 Å². The summed E-state index contributed by atoms with van der Waals surface area (Å²) in [7, 11) is 1.37. The summed E-state index contributed by atoms with van der Waals surface area (Å²) >= 11 is 11.7. The van der Waals surface area contributed by atoms with Gasteiger partial charge in [-0.3, -0.25) is 9.59 Å². The summed E-state index contributed by atoms with van der Waals surface area (Å²) in [5.74, 6) is -2.81. The lowest BCUT2D eigenvalue weighted by atomic mass is 10.2. The van der Waals surface area contributed by atoms with Crippen molar-refractivity contribution in [2.24, 2.45) is 0 Å². The number of ether oxygens (including phenoxy) is 1. The number of esters is 1. The summed E-state index contributed by atoms with van der Waals surface area (Å²) in [5, 5.41) is 3.18. The molecule has 2 aromatic rings. The zero-order valence-electron chi connectivity index (χ0n) is 14.2. The van der Waals surface area contributed by atoms with Gasteiger partial charge < -0.3 is 15.0 Å². The molecule has 0 unspecified atom stereocenters. The van der Waals surface area contributed by atoms with Crippen LogP contribution in [0.15, 0.2) is 42.5 Å². The normalized spacial score (nSPS) is 10.2. The summed E-state index contributed by atoms with van der Waals surface area (Å²) in [4.78, 5) is 36.8. The van der Waals surface area contributed by atoms with Gasteiger partial charge in [0.05, 0.1) is 22.2 Å². The minimum absolute atomic E-state index is 0.273. The van der Waals surface area contributed by atoms with Gasteiger partial charge >= 0.3 is 5.97 Å². The molecule has 0 aliphatic carbocycles. The standard InChI is InChI=1S/C18H15Cl2FN2O4/c1-23(9-16(24)22-11-6-7-13(19)14(20)8-11)17(25)10-27-18(26)12-4-2-3-5-15(12)21/h2-8H,9-10H2,1H3,(H,22,24). The molecule has 0 radical (unpaired) electrons. The first kappa shape index (κ1) is 20.7. The number of likely N-dealkylation sites (N-methyl/N-ethyl adjacent to an activating group) is 1. The number of anilines is 1. The highest BCUT2D eigenvalue weighted by Crippen LogP contribution is 2.24. The second-order valence-electron chi connectivity index (χ2n) is 5.48. The Labute approximate surface area is 164 Å². The average molecular weight is 413 g/mol. The number of rotatable bonds is 6. The van der Waals surface area contributed by atoms with E-state index < -0.39 is 30.2 Å². The van der Waals surface area contributed by atoms with Crippen LogP contribution in [0, 0.1) is 5.82 Å². The molecule has 2 amide bonds. The molecule has 0 heterocycles. The fourth-order valence-electron chi connectivity index (χ4n) is 2.02. The van der Waals surface area contributed by atoms with E-state index >= 15 is 0 Å². The van der Waals surface area contributed by atoms with Crippen LogP contribution in [-0.2, 0) is 14.3 Å². The Bertz CT molecular complexity index is 876. The zero-order chi connectivity index (χ0) is 20.0. The summed E-state index contributed by atoms with van der Waals surface area (Å²) in [6.07, 6.45) is 0. The quantitative estimate of drug-likeness (QED) is 0.737. The van der Waals surface area contributed by atoms with Gasteiger partial charge in [-0.2, -0.15) is 0 Å². The number of nitrogens with zero attached hydrogens (tertiary/aromatic N) is 1. The van der Waals surface area contributed by atoms with Gasteiger partial charge in [-0.15, -0.1) is 0 Å². The third kappa shape index (κ3) is 5.94. The van der Waals surface area contributed by atoms with Gasteiger partial charge in [-0.05, 0) is 30.3 Å². The number of amides is 2. The van der Waals surface area contributed by atoms with Crippen molar-refractivity contribution in [2.75, 3.05) is 25.5 Å². The first-order chi connectivity index (χ1) is 12.8. The van der Waals surface area contributed by atoms with Gasteiger partial charge in [0.2, 0.25) is 5.91 Å². The molecular weight excluding hydrogens is 398 g/mol. The first-order valence-corrected chi connectivity index (χ1v) is 8.44. The Morgan fingerprint density at radius 1 is 1.11 bits per heavy atom. The van der Waals surface area contributed by atoms with Crippen molar-refractivity contribution in [1.82, 2.24) is 4.90 Å². The average Bonchev–Trinajstić information content (AvgIpc) is 2.62. The van der Waals surface area contributed by atoms with E-state index in [-0.39, 0.29) is 17.1 Å². The smallest absolute Gasteiger partial charge is 0.341 e. The topological polar surface area (TPSA) is 75.7 Å². The van der Waals surface area contributed by atoms with Crippen LogP contribution in [0.2, 0.25) is 10.0 Å². The number of carbonyl (C=O) groups is 3. The lowest BCUT2D eigenvalue weighted by Gasteiger charge is -2.17. The Hall–Kier alpha value is -2.64. The summed E-state index contributed by atoms with van der Waals surface area (Å²) in [6.45, 7) is -0.903. The Balaban J connectivity index is 1.84. The number of halogens is 3. The maximum Gasteiger partial charge on any atom is 0.341 e. The Morgan fingerprint density at radius 3 is 2.48 bits per heavy atom. The summed E-state index contributed by atoms with van der Waals surface area (Å²) in [6, 6.07) is 9.81. The molecule has 0 bridgehead atoms. The van der Waals surface area contributed by atoms with Crippen molar-refractivity contribution in [3.8, 4) is 0 Å². The first-order valence-electron chi connectivity index (χ1n) is 7.68. The van der Waals surface area contributed by atoms with Gasteiger partial charge in [0.25, 0.3) is 5.91 Å². The van der Waals surface area contributed by atoms with Crippen molar-refractivity contribution in [3.63, 3.8) is 0 Å². The Morgan fingerprint density at radius 2 is 1.81 bits per heavy atom. The molecule has 0 aromatic heterocycles. The third-order valence-corrected chi connectivity index (χ3v) is 4.17. The predicted molar refractivity (Wildman–Crippen MR) is 99.4 cm³/mol. The molecule has 0 saturated carbocycles. The molecule has 6 nitrogen and oxygen atoms in total. The zero-order valence-corrected chi connectivity index (χ0v) is 15.7. The lowest BCUT2D eigenvalue weighted by Crippen LogP contribution is -2.37. The number of carbonyl (C=O) groups excluding carboxylic acids is 3. The van der Waals surface area contributed by atoms with Crippen LogP contribution < -0.4 is 5.32 Å². The fraction of sp³-hybridized carbons (Fsp3) is 0.167. The van der Waals surface area contributed by atoms with E-state index in [2.05, 4.69) is 5.32 Å². The van der Waals surface area contributed by atoms with Crippen molar-refractivity contribution in [1.29, 1.82) is 0 Å². The SMILES string of the molecule is CN(CC(=O)Nc1ccc(Cl)c(Cl)c1)C(=O)COC(=O)c1ccccc1F. The molecule has 2 rings (SSSR count). The number of hydrogen-bond donors (Lipinski definition) is 1. The molecule has 0 spiro atoms. The number of benzene rings is 2. The van der Waals surface area contributed by atoms with E-state index in [0.717, 1.165) is 11.0 Å². The molecule has 27 heavy (non-hydrogen) atoms. The summed E-state index contributed by atoms with van der Waals surface area (Å²) < 4.78 is 18.3. The molecule has 0 saturated heterocycles. The molecule has 0 fully saturated rings. The molecule has 0 atom stereocenters. The predicted octanol–water partition coefficient (Wildman–Crippen LogP) is 3.39. The van der Waals surface area contributed by atoms with Gasteiger partial charge in [0, 0.05) is 12.7 Å². The van der Waals surface area contributed by atoms with Gasteiger partial charge in [0.15, 0.2) is 6.61 Å². The highest BCUT2D eigenvalue weighted by atomic mass is 35.5. The monoisotopic (exact) mass is 412 g/mol. The largest absolute Gasteiger partial charge is 0.452 e. The Kier molecular flexibility index (Phi) is 7.15. The van der Waals surface area contributed by atoms with E-state index in [0.29, 0.717) is 10.7 Å². The minimum Gasteiger partial charge on any atom is -0.452 e. The van der Waals surface area contributed by atoms with Crippen molar-refractivity contribution < 1.29 is 23.5 Å². The van der Waals surface area contributed by atoms with Gasteiger partial charge in [0.1, 0.15) is 5.82 Å². The molecule has 142 valence electrons. The van der Waals surface area contributed by atoms with E-state index in [1.54, 1.807) is 6.07 Å². The molecule has 0 aliphatic rings. The van der Waals surface area contributed by atoms with Crippen molar-refractivity contribution in [3.05, 3.63) is 63.9 Å². The van der Waals surface area contributed by atoms with Gasteiger partial charge in [-0.1, -0.05) is 35.3 Å². The molecular formula is C18H15Cl2FN2O4. The van der Waals surface area contributed by atoms with Crippen LogP contribution in [0.25, 0.3) is 0 Å². The highest BCUT2D eigenvalue weighted by molar-refractivity contribution is 6.42. The van der Waals surface area contributed by atoms with Crippen molar-refractivity contribution in [2.45, 2.75) is 0 Å². The summed E-state index contributed by atoms with van der Waals surface area (Å²) in [5.41, 5.74) is 0.145. The van der Waals surface area contributed by atoms with E-state index in [4.69, 9.17) is 27.9 Å². The van der Waals surface area contributed by atoms with Crippen LogP contribution >= 0.6 is 23.2 Å². The second-order valence-corrected chi connectivity index (χ2v) is 6.30. The van der Waals surface area contributed by atoms with Crippen molar-refractivity contribution >= 4 is 46.7 Å². The van der Waals surface area contributed by atoms with E-state index in [1.165, 1.54) is 37.4 Å². The van der Waals surface area contributed by atoms with E-state index in [9.17, 15) is 18.8 Å². The van der Waals surface area contributed by atoms with Gasteiger partial charge in [-0.25, -0.2) is 9.18 Å². The fourth-order valence-corrected chi connectivity index (χ4v) is 2.32. The number of hydrogen-bond acceptors (Lipinski definition) is 4. The highest BCUT2D eigenvalue weighted by Gasteiger charge is 2.18. The molecule has 9 heteroatoms.